The molecule has 4 aliphatic rings. The molecule has 2 spiro atoms. The second kappa shape index (κ2) is 7.15. The molecule has 0 unspecified atom stereocenters. The number of hydrogen-bond acceptors (Lipinski definition) is 3. The zero-order chi connectivity index (χ0) is 23.1. The molecule has 5 nitrogen and oxygen atoms in total. The maximum atomic E-state index is 13.7. The second-order valence-corrected chi connectivity index (χ2v) is 13.6. The molecule has 0 atom stereocenters. The van der Waals surface area contributed by atoms with E-state index in [0.717, 1.165) is 35.8 Å². The first-order chi connectivity index (χ1) is 15.6. The van der Waals surface area contributed by atoms with Crippen molar-refractivity contribution in [1.82, 2.24) is 4.72 Å². The Kier molecular flexibility index (Phi) is 4.73. The largest absolute Gasteiger partial charge is 0.307 e. The Labute approximate surface area is 204 Å². The lowest BCUT2D eigenvalue weighted by molar-refractivity contribution is 0.0980. The minimum atomic E-state index is -3.66. The van der Waals surface area contributed by atoms with E-state index in [4.69, 9.17) is 0 Å². The SMILES string of the molecule is CC1(NS(=O)(=O)c2cccc(C(=O)N3CC4(CCC5(CC5)CC4)c4cc(Br)ccc43)c2)CC1. The third-order valence-corrected chi connectivity index (χ3v) is 10.7. The van der Waals surface area contributed by atoms with Crippen LogP contribution < -0.4 is 9.62 Å². The van der Waals surface area contributed by atoms with E-state index in [1.54, 1.807) is 18.2 Å². The van der Waals surface area contributed by atoms with E-state index in [9.17, 15) is 13.2 Å². The second-order valence-electron chi connectivity index (χ2n) is 11.0. The summed E-state index contributed by atoms with van der Waals surface area (Å²) >= 11 is 3.63. The zero-order valence-electron chi connectivity index (χ0n) is 18.9. The molecule has 0 radical (unpaired) electrons. The summed E-state index contributed by atoms with van der Waals surface area (Å²) < 4.78 is 29.6. The number of benzene rings is 2. The van der Waals surface area contributed by atoms with E-state index in [2.05, 4.69) is 26.7 Å². The molecule has 2 aromatic carbocycles. The lowest BCUT2D eigenvalue weighted by Crippen LogP contribution is -2.40. The van der Waals surface area contributed by atoms with Gasteiger partial charge in [0.2, 0.25) is 10.0 Å². The Morgan fingerprint density at radius 3 is 2.33 bits per heavy atom. The maximum Gasteiger partial charge on any atom is 0.258 e. The molecule has 0 saturated heterocycles. The Hall–Kier alpha value is -1.70. The van der Waals surface area contributed by atoms with Crippen molar-refractivity contribution < 1.29 is 13.2 Å². The van der Waals surface area contributed by atoms with E-state index < -0.39 is 10.0 Å². The zero-order valence-corrected chi connectivity index (χ0v) is 21.3. The number of fused-ring (bicyclic) bond motifs is 2. The van der Waals surface area contributed by atoms with E-state index >= 15 is 0 Å². The third kappa shape index (κ3) is 3.76. The predicted molar refractivity (Wildman–Crippen MR) is 132 cm³/mol. The van der Waals surface area contributed by atoms with Crippen LogP contribution in [0.5, 0.6) is 0 Å². The molecule has 3 saturated carbocycles. The topological polar surface area (TPSA) is 66.5 Å². The van der Waals surface area contributed by atoms with E-state index in [1.807, 2.05) is 24.0 Å². The van der Waals surface area contributed by atoms with Crippen molar-refractivity contribution in [2.75, 3.05) is 11.4 Å². The van der Waals surface area contributed by atoms with Crippen molar-refractivity contribution in [3.8, 4) is 0 Å². The highest BCUT2D eigenvalue weighted by molar-refractivity contribution is 9.10. The van der Waals surface area contributed by atoms with Gasteiger partial charge in [-0.3, -0.25) is 4.79 Å². The number of hydrogen-bond donors (Lipinski definition) is 1. The average molecular weight is 530 g/mol. The Morgan fingerprint density at radius 2 is 1.67 bits per heavy atom. The monoisotopic (exact) mass is 528 g/mol. The molecule has 1 N–H and O–H groups in total. The van der Waals surface area contributed by atoms with Crippen LogP contribution in [-0.2, 0) is 15.4 Å². The van der Waals surface area contributed by atoms with Gasteiger partial charge in [0.15, 0.2) is 0 Å². The van der Waals surface area contributed by atoms with Crippen LogP contribution in [0.4, 0.5) is 5.69 Å². The molecule has 1 amide bonds. The van der Waals surface area contributed by atoms with Crippen molar-refractivity contribution in [3.05, 3.63) is 58.1 Å². The number of sulfonamides is 1. The van der Waals surface area contributed by atoms with Crippen molar-refractivity contribution >= 4 is 37.5 Å². The standard InChI is InChI=1S/C26H29BrN2O3S/c1-24(7-8-24)28-33(31,32)20-4-2-3-18(15-20)23(30)29-17-26(13-11-25(9-10-25)12-14-26)21-16-19(27)5-6-22(21)29/h2-6,15-16,28H,7-14,17H2,1H3. The molecular weight excluding hydrogens is 500 g/mol. The van der Waals surface area contributed by atoms with Crippen LogP contribution in [0.1, 0.15) is 74.2 Å². The Bertz CT molecular complexity index is 1250. The average Bonchev–Trinajstić information content (AvgIpc) is 3.70. The van der Waals surface area contributed by atoms with Gasteiger partial charge < -0.3 is 4.90 Å². The van der Waals surface area contributed by atoms with Crippen molar-refractivity contribution in [2.45, 2.75) is 74.1 Å². The van der Waals surface area contributed by atoms with Crippen LogP contribution in [-0.4, -0.2) is 26.4 Å². The molecule has 1 heterocycles. The molecule has 174 valence electrons. The van der Waals surface area contributed by atoms with Crippen LogP contribution in [0.25, 0.3) is 0 Å². The quantitative estimate of drug-likeness (QED) is 0.566. The highest BCUT2D eigenvalue weighted by atomic mass is 79.9. The minimum absolute atomic E-state index is 0.00553. The first-order valence-electron chi connectivity index (χ1n) is 11.9. The number of amides is 1. The van der Waals surface area contributed by atoms with Crippen LogP contribution in [0.2, 0.25) is 0 Å². The number of nitrogens with one attached hydrogen (secondary N) is 1. The van der Waals surface area contributed by atoms with Crippen LogP contribution in [0.3, 0.4) is 0 Å². The molecule has 0 aromatic heterocycles. The lowest BCUT2D eigenvalue weighted by atomic mass is 9.66. The predicted octanol–water partition coefficient (Wildman–Crippen LogP) is 5.53. The fourth-order valence-electron chi connectivity index (χ4n) is 5.81. The Balaban J connectivity index is 1.32. The Morgan fingerprint density at radius 1 is 0.970 bits per heavy atom. The van der Waals surface area contributed by atoms with Gasteiger partial charge in [0.25, 0.3) is 5.91 Å². The summed E-state index contributed by atoms with van der Waals surface area (Å²) in [7, 11) is -3.66. The minimum Gasteiger partial charge on any atom is -0.307 e. The van der Waals surface area contributed by atoms with Gasteiger partial charge in [-0.15, -0.1) is 0 Å². The first kappa shape index (κ1) is 21.8. The first-order valence-corrected chi connectivity index (χ1v) is 14.2. The number of anilines is 1. The fraction of sp³-hybridized carbons (Fsp3) is 0.500. The number of carbonyl (C=O) groups excluding carboxylic acids is 1. The van der Waals surface area contributed by atoms with E-state index in [1.165, 1.54) is 37.3 Å². The molecule has 3 fully saturated rings. The van der Waals surface area contributed by atoms with Crippen molar-refractivity contribution in [2.24, 2.45) is 5.41 Å². The molecule has 33 heavy (non-hydrogen) atoms. The van der Waals surface area contributed by atoms with E-state index in [0.29, 0.717) is 17.5 Å². The molecule has 1 aliphatic heterocycles. The smallest absolute Gasteiger partial charge is 0.258 e. The number of rotatable bonds is 4. The van der Waals surface area contributed by atoms with Gasteiger partial charge in [0, 0.05) is 33.2 Å². The van der Waals surface area contributed by atoms with Gasteiger partial charge in [-0.25, -0.2) is 13.1 Å². The summed E-state index contributed by atoms with van der Waals surface area (Å²) in [6.07, 6.45) is 9.08. The normalized spacial score (nSPS) is 23.5. The maximum absolute atomic E-state index is 13.7. The highest BCUT2D eigenvalue weighted by Gasteiger charge is 2.53. The molecule has 7 heteroatoms. The summed E-state index contributed by atoms with van der Waals surface area (Å²) in [6.45, 7) is 2.58. The van der Waals surface area contributed by atoms with Gasteiger partial charge in [-0.05, 0) is 106 Å². The number of nitrogens with zero attached hydrogens (tertiary/aromatic N) is 1. The lowest BCUT2D eigenvalue weighted by Gasteiger charge is -2.38. The van der Waals surface area contributed by atoms with E-state index in [-0.39, 0.29) is 21.8 Å². The van der Waals surface area contributed by atoms with Gasteiger partial charge in [-0.1, -0.05) is 22.0 Å². The summed E-state index contributed by atoms with van der Waals surface area (Å²) in [4.78, 5) is 15.8. The van der Waals surface area contributed by atoms with Crippen LogP contribution in [0, 0.1) is 5.41 Å². The third-order valence-electron chi connectivity index (χ3n) is 8.52. The van der Waals surface area contributed by atoms with Gasteiger partial charge in [-0.2, -0.15) is 0 Å². The summed E-state index contributed by atoms with van der Waals surface area (Å²) in [5.74, 6) is -0.128. The fourth-order valence-corrected chi connectivity index (χ4v) is 7.68. The molecular formula is C26H29BrN2O3S. The molecule has 2 aromatic rings. The number of carbonyl (C=O) groups is 1. The summed E-state index contributed by atoms with van der Waals surface area (Å²) in [5, 5.41) is 0. The highest BCUT2D eigenvalue weighted by Crippen LogP contribution is 2.62. The number of halogens is 1. The molecule has 6 rings (SSSR count). The van der Waals surface area contributed by atoms with Gasteiger partial charge in [0.05, 0.1) is 4.90 Å². The van der Waals surface area contributed by atoms with Gasteiger partial charge in [0.1, 0.15) is 0 Å². The van der Waals surface area contributed by atoms with Crippen LogP contribution in [0.15, 0.2) is 51.8 Å². The van der Waals surface area contributed by atoms with Crippen molar-refractivity contribution in [3.63, 3.8) is 0 Å². The molecule has 0 bridgehead atoms. The van der Waals surface area contributed by atoms with Gasteiger partial charge >= 0.3 is 0 Å². The molecule has 3 aliphatic carbocycles. The summed E-state index contributed by atoms with van der Waals surface area (Å²) in [6, 6.07) is 12.7. The summed E-state index contributed by atoms with van der Waals surface area (Å²) in [5.41, 5.74) is 2.85. The van der Waals surface area contributed by atoms with Crippen LogP contribution >= 0.6 is 15.9 Å². The van der Waals surface area contributed by atoms with Crippen molar-refractivity contribution in [1.29, 1.82) is 0 Å².